The molecule has 0 spiro atoms. The summed E-state index contributed by atoms with van der Waals surface area (Å²) in [7, 11) is 0. The predicted molar refractivity (Wildman–Crippen MR) is 67.6 cm³/mol. The summed E-state index contributed by atoms with van der Waals surface area (Å²) < 4.78 is 0. The molecule has 1 aromatic rings. The lowest BCUT2D eigenvalue weighted by Crippen LogP contribution is -2.14. The van der Waals surface area contributed by atoms with Crippen LogP contribution in [0.2, 0.25) is 0 Å². The molecular weight excluding hydrogens is 196 g/mol. The van der Waals surface area contributed by atoms with Crippen molar-refractivity contribution in [2.75, 3.05) is 0 Å². The summed E-state index contributed by atoms with van der Waals surface area (Å²) in [6.45, 7) is 6.67. The van der Waals surface area contributed by atoms with Gasteiger partial charge in [0.05, 0.1) is 6.10 Å². The minimum Gasteiger partial charge on any atom is -0.392 e. The molecule has 1 saturated carbocycles. The van der Waals surface area contributed by atoms with Crippen LogP contribution in [0.1, 0.15) is 44.7 Å². The molecule has 0 heterocycles. The molecule has 0 saturated heterocycles. The SMILES string of the molecule is CC(C)(C)c1ccc(CC(O)C2CC2)cc1. The number of rotatable bonds is 3. The summed E-state index contributed by atoms with van der Waals surface area (Å²) in [4.78, 5) is 0. The Hall–Kier alpha value is -0.820. The largest absolute Gasteiger partial charge is 0.392 e. The van der Waals surface area contributed by atoms with Gasteiger partial charge in [-0.3, -0.25) is 0 Å². The van der Waals surface area contributed by atoms with Crippen LogP contribution in [-0.2, 0) is 11.8 Å². The Morgan fingerprint density at radius 2 is 1.75 bits per heavy atom. The molecule has 2 rings (SSSR count). The van der Waals surface area contributed by atoms with Crippen molar-refractivity contribution in [1.82, 2.24) is 0 Å². The first-order valence-corrected chi connectivity index (χ1v) is 6.24. The highest BCUT2D eigenvalue weighted by Gasteiger charge is 2.29. The molecule has 1 aliphatic rings. The molecule has 1 aliphatic carbocycles. The van der Waals surface area contributed by atoms with Gasteiger partial charge in [-0.2, -0.15) is 0 Å². The molecule has 0 amide bonds. The van der Waals surface area contributed by atoms with Gasteiger partial charge in [0.25, 0.3) is 0 Å². The average molecular weight is 218 g/mol. The highest BCUT2D eigenvalue weighted by molar-refractivity contribution is 5.28. The Balaban J connectivity index is 2.01. The van der Waals surface area contributed by atoms with Crippen molar-refractivity contribution < 1.29 is 5.11 Å². The molecule has 1 heteroatoms. The molecule has 1 aromatic carbocycles. The van der Waals surface area contributed by atoms with Crippen LogP contribution in [0.5, 0.6) is 0 Å². The molecule has 0 aromatic heterocycles. The zero-order chi connectivity index (χ0) is 11.8. The van der Waals surface area contributed by atoms with E-state index in [4.69, 9.17) is 0 Å². The van der Waals surface area contributed by atoms with E-state index in [2.05, 4.69) is 45.0 Å². The quantitative estimate of drug-likeness (QED) is 0.825. The van der Waals surface area contributed by atoms with Gasteiger partial charge in [0.15, 0.2) is 0 Å². The van der Waals surface area contributed by atoms with Crippen molar-refractivity contribution in [2.45, 2.75) is 51.6 Å². The fourth-order valence-corrected chi connectivity index (χ4v) is 2.03. The first-order chi connectivity index (χ1) is 7.47. The number of aliphatic hydroxyl groups excluding tert-OH is 1. The van der Waals surface area contributed by atoms with Crippen LogP contribution in [0.3, 0.4) is 0 Å². The minimum absolute atomic E-state index is 0.125. The molecule has 1 unspecified atom stereocenters. The maximum absolute atomic E-state index is 9.87. The van der Waals surface area contributed by atoms with Gasteiger partial charge in [0.2, 0.25) is 0 Å². The van der Waals surface area contributed by atoms with Crippen molar-refractivity contribution >= 4 is 0 Å². The van der Waals surface area contributed by atoms with E-state index < -0.39 is 0 Å². The zero-order valence-electron chi connectivity index (χ0n) is 10.5. The second kappa shape index (κ2) is 4.21. The summed E-state index contributed by atoms with van der Waals surface area (Å²) in [6.07, 6.45) is 3.11. The fraction of sp³-hybridized carbons (Fsp3) is 0.600. The summed E-state index contributed by atoms with van der Waals surface area (Å²) in [6, 6.07) is 8.70. The van der Waals surface area contributed by atoms with Crippen LogP contribution in [-0.4, -0.2) is 11.2 Å². The number of hydrogen-bond acceptors (Lipinski definition) is 1. The van der Waals surface area contributed by atoms with Crippen LogP contribution in [0.25, 0.3) is 0 Å². The Morgan fingerprint density at radius 1 is 1.19 bits per heavy atom. The van der Waals surface area contributed by atoms with Gasteiger partial charge in [-0.15, -0.1) is 0 Å². The standard InChI is InChI=1S/C15H22O/c1-15(2,3)13-8-4-11(5-9-13)10-14(16)12-6-7-12/h4-5,8-9,12,14,16H,6-7,10H2,1-3H3. The third-order valence-electron chi connectivity index (χ3n) is 3.43. The zero-order valence-corrected chi connectivity index (χ0v) is 10.5. The van der Waals surface area contributed by atoms with E-state index in [0.717, 1.165) is 6.42 Å². The lowest BCUT2D eigenvalue weighted by molar-refractivity contribution is 0.151. The smallest absolute Gasteiger partial charge is 0.0608 e. The van der Waals surface area contributed by atoms with Gasteiger partial charge in [-0.25, -0.2) is 0 Å². The van der Waals surface area contributed by atoms with Crippen LogP contribution in [0.4, 0.5) is 0 Å². The third kappa shape index (κ3) is 2.85. The monoisotopic (exact) mass is 218 g/mol. The summed E-state index contributed by atoms with van der Waals surface area (Å²) in [5.74, 6) is 0.572. The van der Waals surface area contributed by atoms with Crippen LogP contribution in [0.15, 0.2) is 24.3 Å². The third-order valence-corrected chi connectivity index (χ3v) is 3.43. The molecule has 1 atom stereocenters. The lowest BCUT2D eigenvalue weighted by atomic mass is 9.86. The van der Waals surface area contributed by atoms with Crippen molar-refractivity contribution in [3.05, 3.63) is 35.4 Å². The van der Waals surface area contributed by atoms with Crippen molar-refractivity contribution in [3.63, 3.8) is 0 Å². The van der Waals surface area contributed by atoms with Crippen LogP contribution < -0.4 is 0 Å². The van der Waals surface area contributed by atoms with Crippen LogP contribution in [0, 0.1) is 5.92 Å². The Labute approximate surface area is 98.5 Å². The summed E-state index contributed by atoms with van der Waals surface area (Å²) in [5, 5.41) is 9.87. The highest BCUT2D eigenvalue weighted by atomic mass is 16.3. The molecule has 0 radical (unpaired) electrons. The average Bonchev–Trinajstić information content (AvgIpc) is 3.00. The molecular formula is C15H22O. The minimum atomic E-state index is -0.125. The van der Waals surface area contributed by atoms with Crippen molar-refractivity contribution in [1.29, 1.82) is 0 Å². The fourth-order valence-electron chi connectivity index (χ4n) is 2.03. The summed E-state index contributed by atoms with van der Waals surface area (Å²) in [5.41, 5.74) is 2.83. The van der Waals surface area contributed by atoms with Crippen molar-refractivity contribution in [2.24, 2.45) is 5.92 Å². The van der Waals surface area contributed by atoms with Gasteiger partial charge in [-0.05, 0) is 41.7 Å². The van der Waals surface area contributed by atoms with E-state index in [1.165, 1.54) is 24.0 Å². The predicted octanol–water partition coefficient (Wildman–Crippen LogP) is 3.30. The van der Waals surface area contributed by atoms with Gasteiger partial charge >= 0.3 is 0 Å². The Bertz CT molecular complexity index is 341. The topological polar surface area (TPSA) is 20.2 Å². The second-order valence-corrected chi connectivity index (χ2v) is 6.06. The van der Waals surface area contributed by atoms with E-state index in [-0.39, 0.29) is 11.5 Å². The normalized spacial score (nSPS) is 18.5. The van der Waals surface area contributed by atoms with E-state index in [0.29, 0.717) is 5.92 Å². The Kier molecular flexibility index (Phi) is 3.07. The van der Waals surface area contributed by atoms with E-state index in [1.807, 2.05) is 0 Å². The number of benzene rings is 1. The lowest BCUT2D eigenvalue weighted by Gasteiger charge is -2.19. The number of hydrogen-bond donors (Lipinski definition) is 1. The Morgan fingerprint density at radius 3 is 2.19 bits per heavy atom. The molecule has 0 aliphatic heterocycles. The molecule has 0 bridgehead atoms. The molecule has 88 valence electrons. The molecule has 16 heavy (non-hydrogen) atoms. The maximum atomic E-state index is 9.87. The van der Waals surface area contributed by atoms with E-state index in [9.17, 15) is 5.11 Å². The number of aliphatic hydroxyl groups is 1. The van der Waals surface area contributed by atoms with E-state index in [1.54, 1.807) is 0 Å². The van der Waals surface area contributed by atoms with Gasteiger partial charge < -0.3 is 5.11 Å². The highest BCUT2D eigenvalue weighted by Crippen LogP contribution is 2.34. The first kappa shape index (κ1) is 11.7. The van der Waals surface area contributed by atoms with Gasteiger partial charge in [-0.1, -0.05) is 45.0 Å². The molecule has 1 nitrogen and oxygen atoms in total. The van der Waals surface area contributed by atoms with E-state index >= 15 is 0 Å². The summed E-state index contributed by atoms with van der Waals surface area (Å²) >= 11 is 0. The second-order valence-electron chi connectivity index (χ2n) is 6.06. The van der Waals surface area contributed by atoms with Crippen molar-refractivity contribution in [3.8, 4) is 0 Å². The molecule has 1 fully saturated rings. The maximum Gasteiger partial charge on any atom is 0.0608 e. The van der Waals surface area contributed by atoms with Crippen LogP contribution >= 0.6 is 0 Å². The molecule has 1 N–H and O–H groups in total. The van der Waals surface area contributed by atoms with Gasteiger partial charge in [0.1, 0.15) is 0 Å². The first-order valence-electron chi connectivity index (χ1n) is 6.24. The van der Waals surface area contributed by atoms with Gasteiger partial charge in [0, 0.05) is 0 Å².